The molecule has 0 saturated carbocycles. The molecule has 0 atom stereocenters. The molecule has 0 saturated heterocycles. The molecule has 0 aliphatic rings. The highest BCUT2D eigenvalue weighted by Gasteiger charge is 2.21. The predicted molar refractivity (Wildman–Crippen MR) is 113 cm³/mol. The van der Waals surface area contributed by atoms with Crippen LogP contribution in [-0.4, -0.2) is 60.6 Å². The van der Waals surface area contributed by atoms with Crippen LogP contribution in [0.5, 0.6) is 0 Å². The number of unbranched alkanes of at least 4 members (excludes halogenated alkanes) is 2. The van der Waals surface area contributed by atoms with Gasteiger partial charge in [-0.2, -0.15) is 0 Å². The van der Waals surface area contributed by atoms with Crippen LogP contribution in [0.15, 0.2) is 24.3 Å². The minimum Gasteiger partial charge on any atom is -0.378 e. The summed E-state index contributed by atoms with van der Waals surface area (Å²) >= 11 is 0. The molecule has 8 heteroatoms. The van der Waals surface area contributed by atoms with Crippen LogP contribution in [0, 0.1) is 0 Å². The van der Waals surface area contributed by atoms with Gasteiger partial charge in [0, 0.05) is 43.9 Å². The lowest BCUT2D eigenvalue weighted by Crippen LogP contribution is -2.47. The van der Waals surface area contributed by atoms with E-state index in [0.717, 1.165) is 5.69 Å². The zero-order valence-electron chi connectivity index (χ0n) is 18.1. The van der Waals surface area contributed by atoms with Crippen molar-refractivity contribution in [1.29, 1.82) is 0 Å². The van der Waals surface area contributed by atoms with Gasteiger partial charge in [-0.1, -0.05) is 6.42 Å². The Kier molecular flexibility index (Phi) is 9.61. The molecule has 162 valence electrons. The number of anilines is 1. The largest absolute Gasteiger partial charge is 0.378 e. The summed E-state index contributed by atoms with van der Waals surface area (Å²) < 4.78 is 0. The zero-order chi connectivity index (χ0) is 22.0. The van der Waals surface area contributed by atoms with Gasteiger partial charge in [0.05, 0.1) is 6.54 Å². The van der Waals surface area contributed by atoms with Gasteiger partial charge in [0.25, 0.3) is 5.91 Å². The summed E-state index contributed by atoms with van der Waals surface area (Å²) in [4.78, 5) is 39.9. The van der Waals surface area contributed by atoms with Gasteiger partial charge in [0.2, 0.25) is 11.8 Å². The van der Waals surface area contributed by atoms with Crippen LogP contribution in [0.25, 0.3) is 0 Å². The number of benzene rings is 1. The fraction of sp³-hybridized carbons (Fsp3) is 0.571. The molecule has 0 aromatic heterocycles. The number of carbonyl (C=O) groups excluding carboxylic acids is 3. The third kappa shape index (κ3) is 9.43. The molecule has 3 amide bonds. The highest BCUT2D eigenvalue weighted by Crippen LogP contribution is 2.15. The van der Waals surface area contributed by atoms with Crippen LogP contribution < -0.4 is 15.7 Å². The number of hydrogen-bond acceptors (Lipinski definition) is 5. The summed E-state index contributed by atoms with van der Waals surface area (Å²) in [6.07, 6.45) is 2.18. The molecule has 3 N–H and O–H groups in total. The Morgan fingerprint density at radius 1 is 0.966 bits per heavy atom. The summed E-state index contributed by atoms with van der Waals surface area (Å²) in [6.45, 7) is 6.06. The molecule has 0 unspecified atom stereocenters. The number of carbonyl (C=O) groups is 3. The second-order valence-corrected chi connectivity index (χ2v) is 8.31. The highest BCUT2D eigenvalue weighted by atomic mass is 16.5. The van der Waals surface area contributed by atoms with Crippen LogP contribution in [-0.2, 0) is 9.59 Å². The molecule has 0 heterocycles. The third-order valence-corrected chi connectivity index (χ3v) is 4.22. The van der Waals surface area contributed by atoms with Gasteiger partial charge < -0.3 is 15.1 Å². The van der Waals surface area contributed by atoms with E-state index in [2.05, 4.69) is 5.32 Å². The van der Waals surface area contributed by atoms with Gasteiger partial charge >= 0.3 is 0 Å². The van der Waals surface area contributed by atoms with E-state index in [4.69, 9.17) is 5.21 Å². The fourth-order valence-corrected chi connectivity index (χ4v) is 2.79. The van der Waals surface area contributed by atoms with E-state index in [1.54, 1.807) is 17.6 Å². The van der Waals surface area contributed by atoms with Crippen molar-refractivity contribution in [2.75, 3.05) is 32.1 Å². The van der Waals surface area contributed by atoms with Crippen molar-refractivity contribution in [3.8, 4) is 0 Å². The van der Waals surface area contributed by atoms with Crippen molar-refractivity contribution in [2.45, 2.75) is 52.0 Å². The van der Waals surface area contributed by atoms with Crippen molar-refractivity contribution in [2.24, 2.45) is 0 Å². The number of rotatable bonds is 10. The smallest absolute Gasteiger partial charge is 0.254 e. The minimum absolute atomic E-state index is 0.0251. The molecular weight excluding hydrogens is 372 g/mol. The Morgan fingerprint density at radius 3 is 2.10 bits per heavy atom. The SMILES string of the molecule is CN(C)c1ccc(C(=O)N(CCCCCC(=O)NO)CC(=O)NC(C)(C)C)cc1. The van der Waals surface area contributed by atoms with E-state index in [1.807, 2.05) is 51.9 Å². The monoisotopic (exact) mass is 406 g/mol. The van der Waals surface area contributed by atoms with Crippen molar-refractivity contribution in [3.05, 3.63) is 29.8 Å². The minimum atomic E-state index is -0.427. The number of hydrogen-bond donors (Lipinski definition) is 3. The lowest BCUT2D eigenvalue weighted by atomic mass is 10.1. The van der Waals surface area contributed by atoms with Crippen molar-refractivity contribution in [1.82, 2.24) is 15.7 Å². The van der Waals surface area contributed by atoms with Crippen LogP contribution in [0.3, 0.4) is 0 Å². The molecule has 1 aromatic rings. The number of nitrogens with one attached hydrogen (secondary N) is 2. The summed E-state index contributed by atoms with van der Waals surface area (Å²) in [5.41, 5.74) is 2.74. The topological polar surface area (TPSA) is 102 Å². The molecule has 0 bridgehead atoms. The van der Waals surface area contributed by atoms with Gasteiger partial charge in [-0.3, -0.25) is 19.6 Å². The average Bonchev–Trinajstić information content (AvgIpc) is 2.64. The molecule has 0 aliphatic carbocycles. The maximum atomic E-state index is 13.0. The number of nitrogens with zero attached hydrogens (tertiary/aromatic N) is 2. The fourth-order valence-electron chi connectivity index (χ4n) is 2.79. The van der Waals surface area contributed by atoms with Crippen LogP contribution in [0.4, 0.5) is 5.69 Å². The maximum absolute atomic E-state index is 13.0. The molecule has 1 rings (SSSR count). The molecule has 0 spiro atoms. The second-order valence-electron chi connectivity index (χ2n) is 8.31. The Labute approximate surface area is 173 Å². The summed E-state index contributed by atoms with van der Waals surface area (Å²) in [6, 6.07) is 7.26. The van der Waals surface area contributed by atoms with Crippen molar-refractivity contribution < 1.29 is 19.6 Å². The van der Waals surface area contributed by atoms with Gasteiger partial charge in [0.1, 0.15) is 0 Å². The lowest BCUT2D eigenvalue weighted by Gasteiger charge is -2.26. The first kappa shape index (κ1) is 24.4. The molecule has 0 fully saturated rings. The average molecular weight is 407 g/mol. The van der Waals surface area contributed by atoms with Gasteiger partial charge in [-0.15, -0.1) is 0 Å². The Morgan fingerprint density at radius 2 is 1.59 bits per heavy atom. The predicted octanol–water partition coefficient (Wildman–Crippen LogP) is 2.18. The Balaban J connectivity index is 2.78. The molecule has 0 radical (unpaired) electrons. The molecule has 8 nitrogen and oxygen atoms in total. The Bertz CT molecular complexity index is 681. The number of amides is 3. The maximum Gasteiger partial charge on any atom is 0.254 e. The summed E-state index contributed by atoms with van der Waals surface area (Å²) in [7, 11) is 3.86. The Hall–Kier alpha value is -2.61. The number of hydroxylamine groups is 1. The third-order valence-electron chi connectivity index (χ3n) is 4.22. The molecule has 29 heavy (non-hydrogen) atoms. The van der Waals surface area contributed by atoms with Crippen LogP contribution in [0.1, 0.15) is 56.8 Å². The highest BCUT2D eigenvalue weighted by molar-refractivity contribution is 5.96. The van der Waals surface area contributed by atoms with E-state index in [1.165, 1.54) is 4.90 Å². The first-order chi connectivity index (χ1) is 13.5. The normalized spacial score (nSPS) is 11.0. The zero-order valence-corrected chi connectivity index (χ0v) is 18.1. The van der Waals surface area contributed by atoms with E-state index in [9.17, 15) is 14.4 Å². The van der Waals surface area contributed by atoms with Crippen molar-refractivity contribution >= 4 is 23.4 Å². The summed E-state index contributed by atoms with van der Waals surface area (Å²) in [5, 5.41) is 11.4. The van der Waals surface area contributed by atoms with Gasteiger partial charge in [-0.05, 0) is 57.9 Å². The van der Waals surface area contributed by atoms with Crippen molar-refractivity contribution in [3.63, 3.8) is 0 Å². The van der Waals surface area contributed by atoms with Crippen LogP contribution in [0.2, 0.25) is 0 Å². The lowest BCUT2D eigenvalue weighted by molar-refractivity contribution is -0.129. The molecule has 1 aromatic carbocycles. The van der Waals surface area contributed by atoms with E-state index in [0.29, 0.717) is 31.4 Å². The van der Waals surface area contributed by atoms with E-state index >= 15 is 0 Å². The quantitative estimate of drug-likeness (QED) is 0.314. The molecular formula is C21H34N4O4. The van der Waals surface area contributed by atoms with E-state index in [-0.39, 0.29) is 30.3 Å². The standard InChI is InChI=1S/C21H34N4O4/c1-21(2,3)22-19(27)15-25(14-8-6-7-9-18(26)23-29)20(28)16-10-12-17(13-11-16)24(4)5/h10-13,29H,6-9,14-15H2,1-5H3,(H,22,27)(H,23,26). The van der Waals surface area contributed by atoms with Gasteiger partial charge in [-0.25, -0.2) is 5.48 Å². The van der Waals surface area contributed by atoms with E-state index < -0.39 is 5.91 Å². The molecule has 0 aliphatic heterocycles. The second kappa shape index (κ2) is 11.4. The summed E-state index contributed by atoms with van der Waals surface area (Å²) in [5.74, 6) is -0.841. The first-order valence-corrected chi connectivity index (χ1v) is 9.84. The van der Waals surface area contributed by atoms with Gasteiger partial charge in [0.15, 0.2) is 0 Å². The van der Waals surface area contributed by atoms with Crippen LogP contribution >= 0.6 is 0 Å². The first-order valence-electron chi connectivity index (χ1n) is 9.84.